The number of fused-ring (bicyclic) bond motifs is 1. The van der Waals surface area contributed by atoms with Gasteiger partial charge in [0, 0.05) is 23.2 Å². The second-order valence-electron chi connectivity index (χ2n) is 6.06. The molecule has 3 aromatic rings. The number of anilines is 1. The number of amides is 1. The van der Waals surface area contributed by atoms with Crippen molar-refractivity contribution in [3.05, 3.63) is 72.4 Å². The molecule has 142 valence electrons. The summed E-state index contributed by atoms with van der Waals surface area (Å²) in [5, 5.41) is 3.70. The number of carbonyl (C=O) groups excluding carboxylic acids is 2. The molecule has 0 aliphatic rings. The van der Waals surface area contributed by atoms with Gasteiger partial charge in [-0.2, -0.15) is 0 Å². The smallest absolute Gasteiger partial charge is 0.331 e. The standard InChI is InChI=1S/C22H20N2O4/c1-15(22(26)24-18-7-5-8-19(14-18)27-2)28-21(25)13-12-17-11-10-16-6-3-4-9-20(16)23-17/h3-15H,1-2H3,(H,24,26)/b13-12+. The molecule has 0 bridgehead atoms. The molecule has 6 nitrogen and oxygen atoms in total. The molecule has 1 amide bonds. The maximum Gasteiger partial charge on any atom is 0.331 e. The lowest BCUT2D eigenvalue weighted by atomic mass is 10.2. The van der Waals surface area contributed by atoms with Gasteiger partial charge in [0.15, 0.2) is 6.10 Å². The predicted molar refractivity (Wildman–Crippen MR) is 108 cm³/mol. The van der Waals surface area contributed by atoms with Crippen molar-refractivity contribution in [3.8, 4) is 5.75 Å². The number of nitrogens with one attached hydrogen (secondary N) is 1. The van der Waals surface area contributed by atoms with Gasteiger partial charge in [0.05, 0.1) is 18.3 Å². The summed E-state index contributed by atoms with van der Waals surface area (Å²) in [7, 11) is 1.54. The van der Waals surface area contributed by atoms with E-state index < -0.39 is 18.0 Å². The Morgan fingerprint density at radius 2 is 1.89 bits per heavy atom. The van der Waals surface area contributed by atoms with Crippen molar-refractivity contribution in [1.29, 1.82) is 0 Å². The zero-order valence-electron chi connectivity index (χ0n) is 15.6. The highest BCUT2D eigenvalue weighted by Crippen LogP contribution is 2.17. The number of ether oxygens (including phenoxy) is 2. The molecule has 0 saturated heterocycles. The number of methoxy groups -OCH3 is 1. The summed E-state index contributed by atoms with van der Waals surface area (Å²) in [4.78, 5) is 28.7. The summed E-state index contributed by atoms with van der Waals surface area (Å²) in [6.45, 7) is 1.51. The van der Waals surface area contributed by atoms with E-state index in [1.807, 2.05) is 36.4 Å². The van der Waals surface area contributed by atoms with Crippen LogP contribution in [0.3, 0.4) is 0 Å². The fourth-order valence-corrected chi connectivity index (χ4v) is 2.54. The lowest BCUT2D eigenvalue weighted by molar-refractivity contribution is -0.148. The van der Waals surface area contributed by atoms with Crippen molar-refractivity contribution in [2.45, 2.75) is 13.0 Å². The predicted octanol–water partition coefficient (Wildman–Crippen LogP) is 3.83. The van der Waals surface area contributed by atoms with Crippen LogP contribution in [0.1, 0.15) is 12.6 Å². The van der Waals surface area contributed by atoms with Gasteiger partial charge in [-0.25, -0.2) is 9.78 Å². The third kappa shape index (κ3) is 4.94. The van der Waals surface area contributed by atoms with Crippen LogP contribution in [0.25, 0.3) is 17.0 Å². The monoisotopic (exact) mass is 376 g/mol. The van der Waals surface area contributed by atoms with E-state index in [9.17, 15) is 9.59 Å². The highest BCUT2D eigenvalue weighted by atomic mass is 16.5. The number of carbonyl (C=O) groups is 2. The van der Waals surface area contributed by atoms with Gasteiger partial charge in [0.1, 0.15) is 5.75 Å². The first kappa shape index (κ1) is 19.1. The molecule has 0 radical (unpaired) electrons. The van der Waals surface area contributed by atoms with E-state index in [1.54, 1.807) is 37.5 Å². The van der Waals surface area contributed by atoms with Crippen molar-refractivity contribution < 1.29 is 19.1 Å². The maximum atomic E-state index is 12.2. The molecule has 0 fully saturated rings. The summed E-state index contributed by atoms with van der Waals surface area (Å²) in [5.41, 5.74) is 2.02. The van der Waals surface area contributed by atoms with Crippen LogP contribution in [0.5, 0.6) is 5.75 Å². The van der Waals surface area contributed by atoms with Gasteiger partial charge in [-0.05, 0) is 37.3 Å². The second-order valence-corrected chi connectivity index (χ2v) is 6.06. The van der Waals surface area contributed by atoms with E-state index in [2.05, 4.69) is 10.3 Å². The minimum Gasteiger partial charge on any atom is -0.497 e. The van der Waals surface area contributed by atoms with Crippen LogP contribution < -0.4 is 10.1 Å². The lowest BCUT2D eigenvalue weighted by Crippen LogP contribution is -2.29. The van der Waals surface area contributed by atoms with Gasteiger partial charge in [-0.15, -0.1) is 0 Å². The third-order valence-electron chi connectivity index (χ3n) is 4.01. The van der Waals surface area contributed by atoms with Gasteiger partial charge >= 0.3 is 5.97 Å². The molecule has 6 heteroatoms. The molecule has 0 aliphatic heterocycles. The Hall–Kier alpha value is -3.67. The lowest BCUT2D eigenvalue weighted by Gasteiger charge is -2.12. The number of hydrogen-bond acceptors (Lipinski definition) is 5. The Bertz CT molecular complexity index is 1030. The van der Waals surface area contributed by atoms with Gasteiger partial charge in [-0.1, -0.05) is 30.3 Å². The number of para-hydroxylation sites is 1. The summed E-state index contributed by atoms with van der Waals surface area (Å²) in [6.07, 6.45) is 1.86. The van der Waals surface area contributed by atoms with Crippen molar-refractivity contribution in [1.82, 2.24) is 4.98 Å². The van der Waals surface area contributed by atoms with Gasteiger partial charge < -0.3 is 14.8 Å². The fourth-order valence-electron chi connectivity index (χ4n) is 2.54. The Morgan fingerprint density at radius 1 is 1.07 bits per heavy atom. The molecule has 28 heavy (non-hydrogen) atoms. The summed E-state index contributed by atoms with van der Waals surface area (Å²) >= 11 is 0. The SMILES string of the molecule is COc1cccc(NC(=O)C(C)OC(=O)/C=C/c2ccc3ccccc3n2)c1. The summed E-state index contributed by atoms with van der Waals surface area (Å²) < 4.78 is 10.3. The van der Waals surface area contributed by atoms with Gasteiger partial charge in [0.2, 0.25) is 0 Å². The molecule has 1 heterocycles. The van der Waals surface area contributed by atoms with Crippen LogP contribution in [0.2, 0.25) is 0 Å². The highest BCUT2D eigenvalue weighted by molar-refractivity contribution is 5.96. The van der Waals surface area contributed by atoms with Crippen LogP contribution in [0.15, 0.2) is 66.7 Å². The normalized spacial score (nSPS) is 11.9. The molecule has 1 unspecified atom stereocenters. The van der Waals surface area contributed by atoms with Crippen LogP contribution in [0, 0.1) is 0 Å². The third-order valence-corrected chi connectivity index (χ3v) is 4.01. The first-order valence-corrected chi connectivity index (χ1v) is 8.74. The molecule has 1 N–H and O–H groups in total. The fraction of sp³-hybridized carbons (Fsp3) is 0.136. The number of aromatic nitrogens is 1. The molecule has 0 saturated carbocycles. The highest BCUT2D eigenvalue weighted by Gasteiger charge is 2.16. The van der Waals surface area contributed by atoms with Gasteiger partial charge in [-0.3, -0.25) is 4.79 Å². The Labute approximate surface area is 162 Å². The molecule has 1 atom stereocenters. The van der Waals surface area contributed by atoms with Crippen LogP contribution >= 0.6 is 0 Å². The van der Waals surface area contributed by atoms with Crippen LogP contribution in [0.4, 0.5) is 5.69 Å². The number of rotatable bonds is 6. The van der Waals surface area contributed by atoms with Crippen molar-refractivity contribution in [2.24, 2.45) is 0 Å². The molecule has 0 spiro atoms. The molecular weight excluding hydrogens is 356 g/mol. The van der Waals surface area contributed by atoms with Crippen LogP contribution in [-0.4, -0.2) is 30.1 Å². The zero-order valence-corrected chi connectivity index (χ0v) is 15.6. The number of benzene rings is 2. The number of esters is 1. The van der Waals surface area contributed by atoms with E-state index in [1.165, 1.54) is 13.0 Å². The zero-order chi connectivity index (χ0) is 19.9. The average Bonchev–Trinajstić information content (AvgIpc) is 2.72. The topological polar surface area (TPSA) is 77.5 Å². The summed E-state index contributed by atoms with van der Waals surface area (Å²) in [6, 6.07) is 18.4. The van der Waals surface area contributed by atoms with E-state index in [0.29, 0.717) is 17.1 Å². The minimum absolute atomic E-state index is 0.432. The molecular formula is C22H20N2O4. The molecule has 1 aromatic heterocycles. The number of hydrogen-bond donors (Lipinski definition) is 1. The Morgan fingerprint density at radius 3 is 2.71 bits per heavy atom. The molecule has 2 aromatic carbocycles. The van der Waals surface area contributed by atoms with E-state index in [0.717, 1.165) is 10.9 Å². The van der Waals surface area contributed by atoms with Crippen molar-refractivity contribution in [3.63, 3.8) is 0 Å². The van der Waals surface area contributed by atoms with E-state index in [4.69, 9.17) is 9.47 Å². The van der Waals surface area contributed by atoms with Crippen molar-refractivity contribution in [2.75, 3.05) is 12.4 Å². The maximum absolute atomic E-state index is 12.2. The molecule has 3 rings (SSSR count). The Balaban J connectivity index is 1.58. The van der Waals surface area contributed by atoms with Crippen LogP contribution in [-0.2, 0) is 14.3 Å². The minimum atomic E-state index is -0.951. The first-order valence-electron chi connectivity index (χ1n) is 8.74. The van der Waals surface area contributed by atoms with E-state index >= 15 is 0 Å². The summed E-state index contributed by atoms with van der Waals surface area (Å²) in [5.74, 6) is -0.435. The number of pyridine rings is 1. The van der Waals surface area contributed by atoms with Gasteiger partial charge in [0.25, 0.3) is 5.91 Å². The van der Waals surface area contributed by atoms with E-state index in [-0.39, 0.29) is 0 Å². The van der Waals surface area contributed by atoms with Crippen molar-refractivity contribution >= 4 is 34.5 Å². The molecule has 0 aliphatic carbocycles. The second kappa shape index (κ2) is 8.81. The largest absolute Gasteiger partial charge is 0.497 e. The first-order chi connectivity index (χ1) is 13.5. The number of nitrogens with zero attached hydrogens (tertiary/aromatic N) is 1. The average molecular weight is 376 g/mol. The quantitative estimate of drug-likeness (QED) is 0.523. The Kier molecular flexibility index (Phi) is 6.01.